The van der Waals surface area contributed by atoms with Crippen molar-refractivity contribution >= 4 is 18.0 Å². The van der Waals surface area contributed by atoms with Gasteiger partial charge in [-0.3, -0.25) is 4.57 Å². The van der Waals surface area contributed by atoms with Gasteiger partial charge >= 0.3 is 0 Å². The van der Waals surface area contributed by atoms with Crippen molar-refractivity contribution in [3.05, 3.63) is 83.9 Å². The minimum absolute atomic E-state index is 0.0361. The summed E-state index contributed by atoms with van der Waals surface area (Å²) in [5.41, 5.74) is 4.23. The molecule has 0 spiro atoms. The van der Waals surface area contributed by atoms with Crippen LogP contribution < -0.4 is 10.6 Å². The van der Waals surface area contributed by atoms with Crippen molar-refractivity contribution in [1.29, 1.82) is 0 Å². The van der Waals surface area contributed by atoms with Crippen LogP contribution in [0.15, 0.2) is 72.8 Å². The lowest BCUT2D eigenvalue weighted by Crippen LogP contribution is -2.21. The molecule has 29 heavy (non-hydrogen) atoms. The summed E-state index contributed by atoms with van der Waals surface area (Å²) in [5, 5.41) is 0.941. The van der Waals surface area contributed by atoms with E-state index in [-0.39, 0.29) is 10.8 Å². The predicted octanol–water partition coefficient (Wildman–Crippen LogP) is 6.17. The molecule has 0 radical (unpaired) electrons. The molecule has 0 aliphatic heterocycles. The summed E-state index contributed by atoms with van der Waals surface area (Å²) >= 11 is 0. The van der Waals surface area contributed by atoms with E-state index < -0.39 is 7.37 Å². The molecule has 1 unspecified atom stereocenters. The van der Waals surface area contributed by atoms with Gasteiger partial charge in [-0.15, -0.1) is 0 Å². The lowest BCUT2D eigenvalue weighted by molar-refractivity contribution is 0.501. The Balaban J connectivity index is 2.27. The number of hydrogen-bond acceptors (Lipinski definition) is 1. The van der Waals surface area contributed by atoms with Crippen molar-refractivity contribution in [3.63, 3.8) is 0 Å². The second kappa shape index (κ2) is 7.59. The molecule has 3 rings (SSSR count). The van der Waals surface area contributed by atoms with Crippen LogP contribution in [0.4, 0.5) is 0 Å². The molecular formula is C26H31O2P. The van der Waals surface area contributed by atoms with E-state index in [1.165, 1.54) is 11.1 Å². The average molecular weight is 407 g/mol. The summed E-state index contributed by atoms with van der Waals surface area (Å²) in [7, 11) is -3.72. The molecule has 152 valence electrons. The third-order valence-electron chi connectivity index (χ3n) is 5.32. The van der Waals surface area contributed by atoms with Gasteiger partial charge in [-0.1, -0.05) is 96.1 Å². The Morgan fingerprint density at radius 1 is 0.690 bits per heavy atom. The van der Waals surface area contributed by atoms with Gasteiger partial charge in [-0.2, -0.15) is 0 Å². The zero-order chi connectivity index (χ0) is 21.4. The highest BCUT2D eigenvalue weighted by atomic mass is 31.2. The second-order valence-electron chi connectivity index (χ2n) is 9.69. The second-order valence-corrected chi connectivity index (χ2v) is 11.8. The van der Waals surface area contributed by atoms with E-state index in [0.29, 0.717) is 10.6 Å². The lowest BCUT2D eigenvalue weighted by atomic mass is 9.77. The first-order valence-corrected chi connectivity index (χ1v) is 11.7. The van der Waals surface area contributed by atoms with E-state index in [2.05, 4.69) is 59.7 Å². The average Bonchev–Trinajstić information content (AvgIpc) is 2.67. The van der Waals surface area contributed by atoms with Crippen molar-refractivity contribution in [1.82, 2.24) is 0 Å². The van der Waals surface area contributed by atoms with E-state index >= 15 is 0 Å². The highest BCUT2D eigenvalue weighted by molar-refractivity contribution is 7.73. The van der Waals surface area contributed by atoms with Crippen LogP contribution in [0, 0.1) is 0 Å². The smallest absolute Gasteiger partial charge is 0.259 e. The molecule has 0 bridgehead atoms. The van der Waals surface area contributed by atoms with E-state index in [9.17, 15) is 9.46 Å². The molecule has 1 N–H and O–H groups in total. The van der Waals surface area contributed by atoms with Gasteiger partial charge in [0.05, 0.1) is 0 Å². The summed E-state index contributed by atoms with van der Waals surface area (Å²) in [4.78, 5) is 11.1. The molecule has 3 aromatic carbocycles. The van der Waals surface area contributed by atoms with Crippen molar-refractivity contribution in [3.8, 4) is 11.1 Å². The molecule has 0 aliphatic carbocycles. The molecule has 1 atom stereocenters. The van der Waals surface area contributed by atoms with E-state index in [1.54, 1.807) is 30.3 Å². The van der Waals surface area contributed by atoms with Gasteiger partial charge < -0.3 is 4.89 Å². The fraction of sp³-hybridized carbons (Fsp3) is 0.308. The Morgan fingerprint density at radius 2 is 1.28 bits per heavy atom. The first-order valence-electron chi connectivity index (χ1n) is 10.1. The van der Waals surface area contributed by atoms with Gasteiger partial charge in [0.15, 0.2) is 0 Å². The van der Waals surface area contributed by atoms with Gasteiger partial charge in [0.1, 0.15) is 0 Å². The Labute approximate surface area is 175 Å². The van der Waals surface area contributed by atoms with Crippen LogP contribution in [0.25, 0.3) is 11.1 Å². The van der Waals surface area contributed by atoms with Crippen LogP contribution in [-0.2, 0) is 15.4 Å². The summed E-state index contributed by atoms with van der Waals surface area (Å²) < 4.78 is 13.6. The highest BCUT2D eigenvalue weighted by Gasteiger charge is 2.30. The quantitative estimate of drug-likeness (QED) is 0.528. The molecule has 0 saturated carbocycles. The molecule has 0 fully saturated rings. The van der Waals surface area contributed by atoms with Crippen molar-refractivity contribution in [2.45, 2.75) is 52.4 Å². The zero-order valence-corrected chi connectivity index (χ0v) is 19.1. The standard InChI is InChI=1S/C26H31O2P/c1-25(2,3)19-16-17-21(23(18-19)26(4,5)6)22-14-10-11-15-24(22)29(27,28)20-12-8-7-9-13-20/h7-18H,1-6H3,(H,27,28). The van der Waals surface area contributed by atoms with Crippen LogP contribution in [0.1, 0.15) is 52.7 Å². The van der Waals surface area contributed by atoms with Gasteiger partial charge in [0, 0.05) is 10.6 Å². The van der Waals surface area contributed by atoms with Crippen LogP contribution in [-0.4, -0.2) is 4.89 Å². The van der Waals surface area contributed by atoms with Crippen molar-refractivity contribution < 1.29 is 9.46 Å². The van der Waals surface area contributed by atoms with Crippen molar-refractivity contribution in [2.24, 2.45) is 0 Å². The Bertz CT molecular complexity index is 1050. The molecule has 0 aliphatic rings. The van der Waals surface area contributed by atoms with E-state index in [0.717, 1.165) is 11.1 Å². The molecule has 0 aromatic heterocycles. The highest BCUT2D eigenvalue weighted by Crippen LogP contribution is 2.44. The van der Waals surface area contributed by atoms with Crippen LogP contribution >= 0.6 is 7.37 Å². The Hall–Kier alpha value is -2.15. The van der Waals surface area contributed by atoms with Gasteiger partial charge in [0.25, 0.3) is 7.37 Å². The third-order valence-corrected chi connectivity index (χ3v) is 7.36. The van der Waals surface area contributed by atoms with E-state index in [1.807, 2.05) is 24.3 Å². The van der Waals surface area contributed by atoms with Crippen LogP contribution in [0.2, 0.25) is 0 Å². The lowest BCUT2D eigenvalue weighted by Gasteiger charge is -2.28. The largest absolute Gasteiger partial charge is 0.338 e. The first-order chi connectivity index (χ1) is 13.4. The number of hydrogen-bond donors (Lipinski definition) is 1. The SMILES string of the molecule is CC(C)(C)c1ccc(-c2ccccc2P(=O)(O)c2ccccc2)c(C(C)(C)C)c1. The number of benzene rings is 3. The van der Waals surface area contributed by atoms with Crippen LogP contribution in [0.3, 0.4) is 0 Å². The Kier molecular flexibility index (Phi) is 5.64. The Morgan fingerprint density at radius 3 is 1.86 bits per heavy atom. The fourth-order valence-electron chi connectivity index (χ4n) is 3.60. The minimum Gasteiger partial charge on any atom is -0.338 e. The van der Waals surface area contributed by atoms with Crippen LogP contribution in [0.5, 0.6) is 0 Å². The van der Waals surface area contributed by atoms with Gasteiger partial charge in [-0.25, -0.2) is 0 Å². The summed E-state index contributed by atoms with van der Waals surface area (Å²) in [6.07, 6.45) is 0. The summed E-state index contributed by atoms with van der Waals surface area (Å²) in [6.45, 7) is 13.2. The van der Waals surface area contributed by atoms with Gasteiger partial charge in [0.2, 0.25) is 0 Å². The molecule has 0 amide bonds. The number of rotatable bonds is 3. The molecule has 0 heterocycles. The normalized spacial score (nSPS) is 14.4. The topological polar surface area (TPSA) is 37.3 Å². The third kappa shape index (κ3) is 4.39. The predicted molar refractivity (Wildman–Crippen MR) is 125 cm³/mol. The maximum Gasteiger partial charge on any atom is 0.259 e. The zero-order valence-electron chi connectivity index (χ0n) is 18.2. The molecule has 0 saturated heterocycles. The first kappa shape index (κ1) is 21.6. The van der Waals surface area contributed by atoms with Gasteiger partial charge in [-0.05, 0) is 51.3 Å². The molecular weight excluding hydrogens is 375 g/mol. The maximum atomic E-state index is 13.6. The maximum absolute atomic E-state index is 13.6. The molecule has 2 nitrogen and oxygen atoms in total. The van der Waals surface area contributed by atoms with Crippen molar-refractivity contribution in [2.75, 3.05) is 0 Å². The summed E-state index contributed by atoms with van der Waals surface area (Å²) in [6, 6.07) is 23.0. The monoisotopic (exact) mass is 406 g/mol. The van der Waals surface area contributed by atoms with E-state index in [4.69, 9.17) is 0 Å². The molecule has 3 heteroatoms. The minimum atomic E-state index is -3.72. The fourth-order valence-corrected chi connectivity index (χ4v) is 5.27. The molecule has 3 aromatic rings. The summed E-state index contributed by atoms with van der Waals surface area (Å²) in [5.74, 6) is 0.